The molecule has 0 spiro atoms. The number of thiophene rings is 1. The molecule has 4 heterocycles. The third-order valence-electron chi connectivity index (χ3n) is 5.05. The maximum atomic E-state index is 12.8. The van der Waals surface area contributed by atoms with Crippen LogP contribution in [-0.2, 0) is 16.7 Å². The minimum atomic E-state index is -3.49. The molecule has 1 aliphatic heterocycles. The van der Waals surface area contributed by atoms with Crippen LogP contribution in [-0.4, -0.2) is 69.3 Å². The Balaban J connectivity index is 1.40. The van der Waals surface area contributed by atoms with Crippen LogP contribution < -0.4 is 0 Å². The van der Waals surface area contributed by atoms with E-state index in [1.807, 2.05) is 18.5 Å². The van der Waals surface area contributed by atoms with Crippen molar-refractivity contribution in [3.05, 3.63) is 51.3 Å². The van der Waals surface area contributed by atoms with Crippen LogP contribution in [0.1, 0.15) is 21.9 Å². The van der Waals surface area contributed by atoms with E-state index >= 15 is 0 Å². The van der Waals surface area contributed by atoms with Crippen molar-refractivity contribution in [3.63, 3.8) is 0 Å². The lowest BCUT2D eigenvalue weighted by molar-refractivity contribution is 0.0691. The van der Waals surface area contributed by atoms with Gasteiger partial charge in [-0.2, -0.15) is 14.5 Å². The SMILES string of the molecule is Cc1nn(Cn2ccc(C(=O)N3CCN(S(=O)(=O)c4cccs4)CC3)n2)c(C)c1Br. The molecule has 0 radical (unpaired) electrons. The van der Waals surface area contributed by atoms with Crippen LogP contribution in [0.2, 0.25) is 0 Å². The molecule has 0 bridgehead atoms. The summed E-state index contributed by atoms with van der Waals surface area (Å²) in [5.74, 6) is -0.198. The quantitative estimate of drug-likeness (QED) is 0.522. The van der Waals surface area contributed by atoms with E-state index in [4.69, 9.17) is 0 Å². The second-order valence-electron chi connectivity index (χ2n) is 6.99. The van der Waals surface area contributed by atoms with Crippen molar-refractivity contribution in [1.82, 2.24) is 28.8 Å². The van der Waals surface area contributed by atoms with Crippen molar-refractivity contribution in [2.75, 3.05) is 26.2 Å². The standard InChI is InChI=1S/C18H21BrN6O3S2/c1-13-17(19)14(2)25(20-13)12-23-6-5-15(21-23)18(26)22-7-9-24(10-8-22)30(27,28)16-4-3-11-29-16/h3-6,11H,7-10,12H2,1-2H3. The molecule has 1 amide bonds. The van der Waals surface area contributed by atoms with Gasteiger partial charge >= 0.3 is 0 Å². The van der Waals surface area contributed by atoms with E-state index in [1.165, 1.54) is 15.6 Å². The van der Waals surface area contributed by atoms with Crippen LogP contribution >= 0.6 is 27.3 Å². The van der Waals surface area contributed by atoms with Gasteiger partial charge in [0.05, 0.1) is 15.9 Å². The highest BCUT2D eigenvalue weighted by molar-refractivity contribution is 9.10. The van der Waals surface area contributed by atoms with Crippen molar-refractivity contribution < 1.29 is 13.2 Å². The number of amides is 1. The molecule has 9 nitrogen and oxygen atoms in total. The van der Waals surface area contributed by atoms with Crippen LogP contribution in [0, 0.1) is 13.8 Å². The maximum absolute atomic E-state index is 12.8. The molecule has 4 rings (SSSR count). The van der Waals surface area contributed by atoms with E-state index in [0.29, 0.717) is 29.7 Å². The first-order chi connectivity index (χ1) is 14.3. The maximum Gasteiger partial charge on any atom is 0.274 e. The Morgan fingerprint density at radius 2 is 1.90 bits per heavy atom. The first-order valence-corrected chi connectivity index (χ1v) is 12.4. The van der Waals surface area contributed by atoms with Crippen molar-refractivity contribution >= 4 is 43.2 Å². The third kappa shape index (κ3) is 3.96. The average Bonchev–Trinajstić information content (AvgIpc) is 3.48. The predicted molar refractivity (Wildman–Crippen MR) is 116 cm³/mol. The normalized spacial score (nSPS) is 15.6. The Morgan fingerprint density at radius 3 is 2.50 bits per heavy atom. The van der Waals surface area contributed by atoms with Gasteiger partial charge in [0.25, 0.3) is 15.9 Å². The average molecular weight is 513 g/mol. The summed E-state index contributed by atoms with van der Waals surface area (Å²) >= 11 is 4.71. The van der Waals surface area contributed by atoms with Gasteiger partial charge in [0.2, 0.25) is 0 Å². The number of aryl methyl sites for hydroxylation is 1. The molecule has 1 aliphatic rings. The van der Waals surface area contributed by atoms with Gasteiger partial charge < -0.3 is 4.90 Å². The smallest absolute Gasteiger partial charge is 0.274 e. The number of rotatable bonds is 5. The van der Waals surface area contributed by atoms with E-state index in [0.717, 1.165) is 15.9 Å². The van der Waals surface area contributed by atoms with Crippen LogP contribution in [0.5, 0.6) is 0 Å². The van der Waals surface area contributed by atoms with E-state index in [9.17, 15) is 13.2 Å². The summed E-state index contributed by atoms with van der Waals surface area (Å²) in [5.41, 5.74) is 2.22. The van der Waals surface area contributed by atoms with E-state index in [2.05, 4.69) is 26.1 Å². The minimum Gasteiger partial charge on any atom is -0.335 e. The fourth-order valence-electron chi connectivity index (χ4n) is 3.34. The highest BCUT2D eigenvalue weighted by Crippen LogP contribution is 2.22. The zero-order valence-electron chi connectivity index (χ0n) is 16.5. The Hall–Kier alpha value is -2.02. The number of nitrogens with zero attached hydrogens (tertiary/aromatic N) is 6. The van der Waals surface area contributed by atoms with Crippen molar-refractivity contribution in [3.8, 4) is 0 Å². The highest BCUT2D eigenvalue weighted by atomic mass is 79.9. The van der Waals surface area contributed by atoms with Crippen LogP contribution in [0.15, 0.2) is 38.5 Å². The lowest BCUT2D eigenvalue weighted by Crippen LogP contribution is -2.50. The molecule has 3 aromatic rings. The van der Waals surface area contributed by atoms with Crippen molar-refractivity contribution in [2.45, 2.75) is 24.7 Å². The largest absolute Gasteiger partial charge is 0.335 e. The Kier molecular flexibility index (Phi) is 5.84. The monoisotopic (exact) mass is 512 g/mol. The van der Waals surface area contributed by atoms with Crippen LogP contribution in [0.25, 0.3) is 0 Å². The van der Waals surface area contributed by atoms with Crippen molar-refractivity contribution in [1.29, 1.82) is 0 Å². The zero-order valence-corrected chi connectivity index (χ0v) is 19.7. The summed E-state index contributed by atoms with van der Waals surface area (Å²) in [7, 11) is -3.49. The van der Waals surface area contributed by atoms with E-state index in [1.54, 1.807) is 39.4 Å². The summed E-state index contributed by atoms with van der Waals surface area (Å²) in [6.45, 7) is 5.49. The number of aromatic nitrogens is 4. The van der Waals surface area contributed by atoms with Gasteiger partial charge in [-0.25, -0.2) is 13.1 Å². The molecule has 0 unspecified atom stereocenters. The summed E-state index contributed by atoms with van der Waals surface area (Å²) in [6, 6.07) is 5.00. The fourth-order valence-corrected chi connectivity index (χ4v) is 6.19. The molecule has 3 aromatic heterocycles. The van der Waals surface area contributed by atoms with Gasteiger partial charge in [0, 0.05) is 32.4 Å². The molecule has 0 saturated carbocycles. The fraction of sp³-hybridized carbons (Fsp3) is 0.389. The number of carbonyl (C=O) groups excluding carboxylic acids is 1. The van der Waals surface area contributed by atoms with Gasteiger partial charge in [-0.3, -0.25) is 9.48 Å². The zero-order chi connectivity index (χ0) is 21.5. The molecule has 1 saturated heterocycles. The van der Waals surface area contributed by atoms with Gasteiger partial charge in [0.15, 0.2) is 0 Å². The highest BCUT2D eigenvalue weighted by Gasteiger charge is 2.31. The summed E-state index contributed by atoms with van der Waals surface area (Å²) in [4.78, 5) is 14.5. The van der Waals surface area contributed by atoms with Gasteiger partial charge in [-0.05, 0) is 47.3 Å². The molecule has 30 heavy (non-hydrogen) atoms. The summed E-state index contributed by atoms with van der Waals surface area (Å²) < 4.78 is 31.5. The Morgan fingerprint density at radius 1 is 1.17 bits per heavy atom. The first kappa shape index (κ1) is 21.2. The second-order valence-corrected chi connectivity index (χ2v) is 10.9. The molecule has 1 fully saturated rings. The number of carbonyl (C=O) groups is 1. The van der Waals surface area contributed by atoms with Crippen LogP contribution in [0.4, 0.5) is 0 Å². The number of hydrogen-bond donors (Lipinski definition) is 0. The molecule has 0 N–H and O–H groups in total. The second kappa shape index (κ2) is 8.25. The Labute approximate surface area is 187 Å². The molecule has 160 valence electrons. The first-order valence-electron chi connectivity index (χ1n) is 9.33. The van der Waals surface area contributed by atoms with E-state index < -0.39 is 10.0 Å². The van der Waals surface area contributed by atoms with Crippen LogP contribution in [0.3, 0.4) is 0 Å². The number of halogens is 1. The van der Waals surface area contributed by atoms with E-state index in [-0.39, 0.29) is 19.0 Å². The van der Waals surface area contributed by atoms with Gasteiger partial charge in [0.1, 0.15) is 16.6 Å². The molecule has 0 aromatic carbocycles. The molecule has 12 heteroatoms. The molecule has 0 aliphatic carbocycles. The lowest BCUT2D eigenvalue weighted by atomic mass is 10.3. The van der Waals surface area contributed by atoms with Gasteiger partial charge in [-0.1, -0.05) is 6.07 Å². The third-order valence-corrected chi connectivity index (χ3v) is 9.47. The number of sulfonamides is 1. The van der Waals surface area contributed by atoms with Gasteiger partial charge in [-0.15, -0.1) is 11.3 Å². The minimum absolute atomic E-state index is 0.198. The van der Waals surface area contributed by atoms with Crippen molar-refractivity contribution in [2.24, 2.45) is 0 Å². The predicted octanol–water partition coefficient (Wildman–Crippen LogP) is 2.17. The molecule has 0 atom stereocenters. The Bertz CT molecular complexity index is 1160. The summed E-state index contributed by atoms with van der Waals surface area (Å²) in [6.07, 6.45) is 1.75. The topological polar surface area (TPSA) is 93.3 Å². The molecular formula is C18H21BrN6O3S2. The molecular weight excluding hydrogens is 492 g/mol. The summed E-state index contributed by atoms with van der Waals surface area (Å²) in [5, 5.41) is 10.6. The number of hydrogen-bond acceptors (Lipinski definition) is 6. The number of piperazine rings is 1. The lowest BCUT2D eigenvalue weighted by Gasteiger charge is -2.33.